The Hall–Kier alpha value is -2.51. The predicted octanol–water partition coefficient (Wildman–Crippen LogP) is 3.34. The topological polar surface area (TPSA) is 69.0 Å². The minimum atomic E-state index is -0.209. The van der Waals surface area contributed by atoms with Crippen molar-refractivity contribution in [1.29, 1.82) is 0 Å². The monoisotopic (exact) mass is 342 g/mol. The molecule has 0 aliphatic rings. The van der Waals surface area contributed by atoms with E-state index < -0.39 is 0 Å². The Bertz CT molecular complexity index is 869. The van der Waals surface area contributed by atoms with Gasteiger partial charge in [-0.2, -0.15) is 5.10 Å². The van der Waals surface area contributed by atoms with Gasteiger partial charge in [0.1, 0.15) is 10.7 Å². The maximum absolute atomic E-state index is 12.6. The van der Waals surface area contributed by atoms with E-state index in [1.54, 1.807) is 17.3 Å². The second kappa shape index (κ2) is 6.94. The number of benzene rings is 1. The van der Waals surface area contributed by atoms with E-state index in [1.165, 1.54) is 11.3 Å². The molecule has 3 aromatic rings. The molecule has 1 N–H and O–H groups in total. The molecule has 0 bridgehead atoms. The first-order chi connectivity index (χ1) is 11.6. The average Bonchev–Trinajstić information content (AvgIpc) is 3.15. The Balaban J connectivity index is 1.92. The highest BCUT2D eigenvalue weighted by molar-refractivity contribution is 7.12. The number of carbonyl (C=O) groups excluding carboxylic acids is 1. The lowest BCUT2D eigenvalue weighted by Crippen LogP contribution is -2.16. The van der Waals surface area contributed by atoms with Gasteiger partial charge < -0.3 is 10.1 Å². The highest BCUT2D eigenvalue weighted by Gasteiger charge is 2.18. The largest absolute Gasteiger partial charge is 0.378 e. The van der Waals surface area contributed by atoms with Crippen LogP contribution in [0.25, 0.3) is 5.69 Å². The van der Waals surface area contributed by atoms with Crippen LogP contribution in [0.5, 0.6) is 0 Å². The summed E-state index contributed by atoms with van der Waals surface area (Å²) in [7, 11) is 1.58. The highest BCUT2D eigenvalue weighted by Crippen LogP contribution is 2.22. The Morgan fingerprint density at radius 3 is 2.88 bits per heavy atom. The maximum Gasteiger partial charge on any atom is 0.268 e. The molecule has 124 valence electrons. The van der Waals surface area contributed by atoms with Gasteiger partial charge in [-0.15, -0.1) is 11.3 Å². The lowest BCUT2D eigenvalue weighted by Gasteiger charge is -2.11. The molecular formula is C17H18N4O2S. The molecule has 0 aliphatic heterocycles. The van der Waals surface area contributed by atoms with Crippen LogP contribution in [0, 0.1) is 13.8 Å². The summed E-state index contributed by atoms with van der Waals surface area (Å²) < 4.78 is 6.84. The molecule has 6 nitrogen and oxygen atoms in total. The van der Waals surface area contributed by atoms with Gasteiger partial charge in [0, 0.05) is 13.2 Å². The minimum absolute atomic E-state index is 0.209. The number of hydrogen-bond acceptors (Lipinski definition) is 5. The van der Waals surface area contributed by atoms with E-state index in [4.69, 9.17) is 4.74 Å². The number of nitrogens with one attached hydrogen (secondary N) is 1. The number of hydrogen-bond donors (Lipinski definition) is 1. The smallest absolute Gasteiger partial charge is 0.268 e. The van der Waals surface area contributed by atoms with Crippen LogP contribution in [0.15, 0.2) is 35.8 Å². The SMILES string of the molecule is COCc1ncsc1C(=O)Nc1cc(C)nn1-c1ccccc1C. The first-order valence-electron chi connectivity index (χ1n) is 7.45. The summed E-state index contributed by atoms with van der Waals surface area (Å²) in [5, 5.41) is 7.43. The molecule has 0 spiro atoms. The van der Waals surface area contributed by atoms with Crippen LogP contribution < -0.4 is 5.32 Å². The lowest BCUT2D eigenvalue weighted by molar-refractivity contribution is 0.102. The standard InChI is InChI=1S/C17H18N4O2S/c1-11-6-4-5-7-14(11)21-15(8-12(2)20-21)19-17(22)16-13(9-23-3)18-10-24-16/h4-8,10H,9H2,1-3H3,(H,19,22). The normalized spacial score (nSPS) is 10.8. The van der Waals surface area contributed by atoms with Gasteiger partial charge in [0.15, 0.2) is 0 Å². The summed E-state index contributed by atoms with van der Waals surface area (Å²) in [5.41, 5.74) is 5.12. The van der Waals surface area contributed by atoms with Crippen LogP contribution in [0.1, 0.15) is 26.6 Å². The Kier molecular flexibility index (Phi) is 4.73. The van der Waals surface area contributed by atoms with E-state index in [1.807, 2.05) is 44.2 Å². The zero-order valence-corrected chi connectivity index (χ0v) is 14.6. The van der Waals surface area contributed by atoms with Crippen molar-refractivity contribution in [2.24, 2.45) is 0 Å². The number of thiazole rings is 1. The van der Waals surface area contributed by atoms with E-state index in [0.717, 1.165) is 16.9 Å². The maximum atomic E-state index is 12.6. The van der Waals surface area contributed by atoms with E-state index in [2.05, 4.69) is 15.4 Å². The molecule has 2 aromatic heterocycles. The zero-order chi connectivity index (χ0) is 17.1. The molecular weight excluding hydrogens is 324 g/mol. The number of anilines is 1. The molecule has 0 saturated heterocycles. The summed E-state index contributed by atoms with van der Waals surface area (Å²) in [4.78, 5) is 17.3. The van der Waals surface area contributed by atoms with Gasteiger partial charge in [-0.05, 0) is 25.5 Å². The average molecular weight is 342 g/mol. The molecule has 1 amide bonds. The van der Waals surface area contributed by atoms with Gasteiger partial charge in [0.05, 0.1) is 29.2 Å². The molecule has 0 radical (unpaired) electrons. The zero-order valence-electron chi connectivity index (χ0n) is 13.7. The Labute approximate surface area is 144 Å². The van der Waals surface area contributed by atoms with Gasteiger partial charge in [0.2, 0.25) is 0 Å². The number of amides is 1. The van der Waals surface area contributed by atoms with E-state index >= 15 is 0 Å². The third kappa shape index (κ3) is 3.22. The van der Waals surface area contributed by atoms with Crippen LogP contribution in [0.3, 0.4) is 0 Å². The predicted molar refractivity (Wildman–Crippen MR) is 93.8 cm³/mol. The number of methoxy groups -OCH3 is 1. The quantitative estimate of drug-likeness (QED) is 0.772. The molecule has 0 saturated carbocycles. The molecule has 7 heteroatoms. The molecule has 0 unspecified atom stereocenters. The van der Waals surface area contributed by atoms with Crippen molar-refractivity contribution in [2.75, 3.05) is 12.4 Å². The van der Waals surface area contributed by atoms with Crippen LogP contribution in [-0.4, -0.2) is 27.8 Å². The van der Waals surface area contributed by atoms with Crippen molar-refractivity contribution in [2.45, 2.75) is 20.5 Å². The number of ether oxygens (including phenoxy) is 1. The van der Waals surface area contributed by atoms with Crippen LogP contribution in [0.2, 0.25) is 0 Å². The summed E-state index contributed by atoms with van der Waals surface area (Å²) in [5.74, 6) is 0.419. The summed E-state index contributed by atoms with van der Waals surface area (Å²) >= 11 is 1.30. The van der Waals surface area contributed by atoms with Crippen molar-refractivity contribution >= 4 is 23.1 Å². The number of rotatable bonds is 5. The third-order valence-electron chi connectivity index (χ3n) is 3.55. The van der Waals surface area contributed by atoms with E-state index in [0.29, 0.717) is 23.0 Å². The second-order valence-corrected chi connectivity index (χ2v) is 6.24. The van der Waals surface area contributed by atoms with Gasteiger partial charge in [-0.3, -0.25) is 4.79 Å². The van der Waals surface area contributed by atoms with E-state index in [9.17, 15) is 4.79 Å². The molecule has 24 heavy (non-hydrogen) atoms. The molecule has 0 atom stereocenters. The number of aryl methyl sites for hydroxylation is 2. The van der Waals surface area contributed by atoms with Gasteiger partial charge in [-0.1, -0.05) is 18.2 Å². The Morgan fingerprint density at radius 1 is 1.33 bits per heavy atom. The molecule has 0 fully saturated rings. The Morgan fingerprint density at radius 2 is 2.12 bits per heavy atom. The van der Waals surface area contributed by atoms with Crippen molar-refractivity contribution < 1.29 is 9.53 Å². The van der Waals surface area contributed by atoms with Gasteiger partial charge >= 0.3 is 0 Å². The summed E-state index contributed by atoms with van der Waals surface area (Å²) in [6, 6.07) is 9.76. The summed E-state index contributed by atoms with van der Waals surface area (Å²) in [6.07, 6.45) is 0. The molecule has 0 aliphatic carbocycles. The van der Waals surface area contributed by atoms with Crippen LogP contribution in [-0.2, 0) is 11.3 Å². The third-order valence-corrected chi connectivity index (χ3v) is 4.41. The van der Waals surface area contributed by atoms with Gasteiger partial charge in [0.25, 0.3) is 5.91 Å². The number of aromatic nitrogens is 3. The number of para-hydroxylation sites is 1. The van der Waals surface area contributed by atoms with Crippen LogP contribution >= 0.6 is 11.3 Å². The highest BCUT2D eigenvalue weighted by atomic mass is 32.1. The molecule has 3 rings (SSSR count). The first-order valence-corrected chi connectivity index (χ1v) is 8.33. The lowest BCUT2D eigenvalue weighted by atomic mass is 10.2. The van der Waals surface area contributed by atoms with Crippen molar-refractivity contribution in [3.05, 3.63) is 57.7 Å². The van der Waals surface area contributed by atoms with Crippen molar-refractivity contribution in [1.82, 2.24) is 14.8 Å². The first kappa shape index (κ1) is 16.4. The molecule has 2 heterocycles. The van der Waals surface area contributed by atoms with E-state index in [-0.39, 0.29) is 5.91 Å². The fourth-order valence-electron chi connectivity index (χ4n) is 2.44. The molecule has 1 aromatic carbocycles. The number of carbonyl (C=O) groups is 1. The fourth-order valence-corrected chi connectivity index (χ4v) is 3.13. The number of nitrogens with zero attached hydrogens (tertiary/aromatic N) is 3. The minimum Gasteiger partial charge on any atom is -0.378 e. The van der Waals surface area contributed by atoms with Crippen molar-refractivity contribution in [3.63, 3.8) is 0 Å². The second-order valence-electron chi connectivity index (χ2n) is 5.38. The van der Waals surface area contributed by atoms with Gasteiger partial charge in [-0.25, -0.2) is 9.67 Å². The van der Waals surface area contributed by atoms with Crippen molar-refractivity contribution in [3.8, 4) is 5.69 Å². The van der Waals surface area contributed by atoms with Crippen LogP contribution in [0.4, 0.5) is 5.82 Å². The summed E-state index contributed by atoms with van der Waals surface area (Å²) in [6.45, 7) is 4.22. The fraction of sp³-hybridized carbons (Fsp3) is 0.235.